The molecule has 0 spiro atoms. The first-order valence-corrected chi connectivity index (χ1v) is 1.56. The minimum absolute atomic E-state index is 0. The molecule has 0 aliphatic rings. The normalized spacial score (nSPS) is 10.7. The SMILES string of the molecule is CC(O)CO.[Al].[Zr]. The summed E-state index contributed by atoms with van der Waals surface area (Å²) >= 11 is 0. The Labute approximate surface area is 73.2 Å². The van der Waals surface area contributed by atoms with Crippen LogP contribution in [0.5, 0.6) is 0 Å². The Morgan fingerprint density at radius 1 is 1.57 bits per heavy atom. The number of rotatable bonds is 1. The van der Waals surface area contributed by atoms with Gasteiger partial charge in [0.1, 0.15) is 0 Å². The van der Waals surface area contributed by atoms with E-state index in [0.29, 0.717) is 0 Å². The first-order chi connectivity index (χ1) is 2.27. The van der Waals surface area contributed by atoms with Crippen molar-refractivity contribution in [1.82, 2.24) is 0 Å². The van der Waals surface area contributed by atoms with E-state index in [1.54, 1.807) is 0 Å². The zero-order valence-corrected chi connectivity index (χ0v) is 7.87. The van der Waals surface area contributed by atoms with E-state index < -0.39 is 6.10 Å². The topological polar surface area (TPSA) is 40.5 Å². The second kappa shape index (κ2) is 10.3. The van der Waals surface area contributed by atoms with Crippen LogP contribution in [0.4, 0.5) is 0 Å². The fourth-order valence-corrected chi connectivity index (χ4v) is 0. The standard InChI is InChI=1S/C3H8O2.Al.Zr/c1-3(5)2-4;;/h3-5H,2H2,1H3;;. The van der Waals surface area contributed by atoms with Gasteiger partial charge in [-0.1, -0.05) is 0 Å². The zero-order valence-electron chi connectivity index (χ0n) is 4.26. The molecule has 0 bridgehead atoms. The minimum atomic E-state index is -0.560. The summed E-state index contributed by atoms with van der Waals surface area (Å²) in [4.78, 5) is 0. The van der Waals surface area contributed by atoms with Gasteiger partial charge in [0.05, 0.1) is 12.7 Å². The van der Waals surface area contributed by atoms with E-state index in [0.717, 1.165) is 0 Å². The van der Waals surface area contributed by atoms with Crippen LogP contribution in [0.15, 0.2) is 0 Å². The molecule has 0 amide bonds. The van der Waals surface area contributed by atoms with Gasteiger partial charge in [-0.15, -0.1) is 0 Å². The molecule has 0 saturated heterocycles. The summed E-state index contributed by atoms with van der Waals surface area (Å²) in [7, 11) is 0. The molecule has 0 rings (SSSR count). The van der Waals surface area contributed by atoms with Crippen LogP contribution in [0.2, 0.25) is 0 Å². The van der Waals surface area contributed by atoms with Crippen molar-refractivity contribution in [2.45, 2.75) is 13.0 Å². The molecule has 0 aromatic heterocycles. The van der Waals surface area contributed by atoms with E-state index in [1.807, 2.05) is 0 Å². The van der Waals surface area contributed by atoms with Gasteiger partial charge in [0, 0.05) is 43.6 Å². The van der Waals surface area contributed by atoms with Gasteiger partial charge in [0.15, 0.2) is 0 Å². The molecule has 2 nitrogen and oxygen atoms in total. The number of hydrogen-bond donors (Lipinski definition) is 2. The molecule has 4 heteroatoms. The van der Waals surface area contributed by atoms with Crippen molar-refractivity contribution in [3.8, 4) is 0 Å². The molecule has 3 radical (unpaired) electrons. The van der Waals surface area contributed by atoms with Gasteiger partial charge in [-0.05, 0) is 6.92 Å². The molecular formula is C3H8AlO2Zr. The summed E-state index contributed by atoms with van der Waals surface area (Å²) < 4.78 is 0. The Morgan fingerprint density at radius 3 is 1.71 bits per heavy atom. The Hall–Kier alpha value is 1.34. The van der Waals surface area contributed by atoms with E-state index >= 15 is 0 Å². The monoisotopic (exact) mass is 193 g/mol. The van der Waals surface area contributed by atoms with Gasteiger partial charge in [-0.3, -0.25) is 0 Å². The average molecular weight is 194 g/mol. The van der Waals surface area contributed by atoms with Gasteiger partial charge in [0.2, 0.25) is 0 Å². The third-order valence-corrected chi connectivity index (χ3v) is 0.264. The first kappa shape index (κ1) is 15.8. The Bertz CT molecular complexity index is 26.9. The second-order valence-electron chi connectivity index (χ2n) is 1.03. The smallest absolute Gasteiger partial charge is 0.0742 e. The fourth-order valence-electron chi connectivity index (χ4n) is 0. The molecule has 7 heavy (non-hydrogen) atoms. The number of aliphatic hydroxyl groups is 2. The van der Waals surface area contributed by atoms with Crippen LogP contribution in [-0.2, 0) is 26.2 Å². The summed E-state index contributed by atoms with van der Waals surface area (Å²) in [6, 6.07) is 0. The molecule has 1 atom stereocenters. The molecule has 1 unspecified atom stereocenters. The molecule has 0 fully saturated rings. The predicted octanol–water partition coefficient (Wildman–Crippen LogP) is -1.02. The first-order valence-electron chi connectivity index (χ1n) is 1.56. The summed E-state index contributed by atoms with van der Waals surface area (Å²) in [6.45, 7) is 1.39. The Kier molecular flexibility index (Phi) is 23.3. The molecule has 0 aliphatic heterocycles. The van der Waals surface area contributed by atoms with Crippen molar-refractivity contribution in [2.75, 3.05) is 6.61 Å². The van der Waals surface area contributed by atoms with E-state index in [1.165, 1.54) is 6.92 Å². The van der Waals surface area contributed by atoms with Crippen LogP contribution in [0, 0.1) is 0 Å². The second-order valence-corrected chi connectivity index (χ2v) is 1.03. The van der Waals surface area contributed by atoms with Gasteiger partial charge in [0.25, 0.3) is 0 Å². The fraction of sp³-hybridized carbons (Fsp3) is 1.00. The van der Waals surface area contributed by atoms with Crippen molar-refractivity contribution >= 4 is 17.4 Å². The van der Waals surface area contributed by atoms with E-state index in [4.69, 9.17) is 10.2 Å². The van der Waals surface area contributed by atoms with Gasteiger partial charge >= 0.3 is 0 Å². The zero-order chi connectivity index (χ0) is 4.28. The molecular weight excluding hydrogens is 186 g/mol. The average Bonchev–Trinajstić information content (AvgIpc) is 1.38. The molecule has 0 heterocycles. The third-order valence-electron chi connectivity index (χ3n) is 0.264. The summed E-state index contributed by atoms with van der Waals surface area (Å²) in [6.07, 6.45) is -0.560. The third kappa shape index (κ3) is 18.8. The largest absolute Gasteiger partial charge is 0.394 e. The molecule has 39 valence electrons. The van der Waals surface area contributed by atoms with E-state index in [-0.39, 0.29) is 50.2 Å². The quantitative estimate of drug-likeness (QED) is 0.524. The number of hydrogen-bond acceptors (Lipinski definition) is 2. The van der Waals surface area contributed by atoms with Gasteiger partial charge in [-0.2, -0.15) is 0 Å². The maximum atomic E-state index is 8.11. The maximum absolute atomic E-state index is 8.11. The molecule has 2 N–H and O–H groups in total. The van der Waals surface area contributed by atoms with Crippen LogP contribution in [0.3, 0.4) is 0 Å². The van der Waals surface area contributed by atoms with E-state index in [9.17, 15) is 0 Å². The molecule has 0 aliphatic carbocycles. The number of aliphatic hydroxyl groups excluding tert-OH is 2. The summed E-state index contributed by atoms with van der Waals surface area (Å²) in [5, 5.41) is 16.0. The van der Waals surface area contributed by atoms with E-state index in [2.05, 4.69) is 0 Å². The maximum Gasteiger partial charge on any atom is 0.0742 e. The summed E-state index contributed by atoms with van der Waals surface area (Å²) in [5.74, 6) is 0. The van der Waals surface area contributed by atoms with Gasteiger partial charge < -0.3 is 10.2 Å². The minimum Gasteiger partial charge on any atom is -0.394 e. The predicted molar refractivity (Wildman–Crippen MR) is 24.5 cm³/mol. The van der Waals surface area contributed by atoms with Crippen LogP contribution in [-0.4, -0.2) is 40.3 Å². The van der Waals surface area contributed by atoms with Crippen molar-refractivity contribution in [3.05, 3.63) is 0 Å². The van der Waals surface area contributed by atoms with Crippen LogP contribution >= 0.6 is 0 Å². The molecule has 0 aromatic rings. The Balaban J connectivity index is -0.0000000800. The van der Waals surface area contributed by atoms with Crippen molar-refractivity contribution in [3.63, 3.8) is 0 Å². The van der Waals surface area contributed by atoms with Crippen LogP contribution < -0.4 is 0 Å². The molecule has 0 saturated carbocycles. The van der Waals surface area contributed by atoms with Crippen molar-refractivity contribution in [1.29, 1.82) is 0 Å². The Morgan fingerprint density at radius 2 is 1.71 bits per heavy atom. The van der Waals surface area contributed by atoms with Crippen LogP contribution in [0.25, 0.3) is 0 Å². The molecule has 0 aromatic carbocycles. The van der Waals surface area contributed by atoms with Crippen molar-refractivity contribution < 1.29 is 36.4 Å². The van der Waals surface area contributed by atoms with Crippen LogP contribution in [0.1, 0.15) is 6.92 Å². The summed E-state index contributed by atoms with van der Waals surface area (Å²) in [5.41, 5.74) is 0. The van der Waals surface area contributed by atoms with Crippen molar-refractivity contribution in [2.24, 2.45) is 0 Å². The van der Waals surface area contributed by atoms with Gasteiger partial charge in [-0.25, -0.2) is 0 Å².